The van der Waals surface area contributed by atoms with Crippen molar-refractivity contribution in [2.24, 2.45) is 5.92 Å². The first-order chi connectivity index (χ1) is 7.36. The van der Waals surface area contributed by atoms with Crippen LogP contribution < -0.4 is 5.32 Å². The summed E-state index contributed by atoms with van der Waals surface area (Å²) in [5, 5.41) is 3.37. The van der Waals surface area contributed by atoms with Crippen molar-refractivity contribution in [1.29, 1.82) is 0 Å². The predicted molar refractivity (Wildman–Crippen MR) is 62.0 cm³/mol. The second-order valence-corrected chi connectivity index (χ2v) is 4.91. The van der Waals surface area contributed by atoms with E-state index in [1.165, 1.54) is 38.9 Å². The van der Waals surface area contributed by atoms with E-state index in [-0.39, 0.29) is 0 Å². The lowest BCUT2D eigenvalue weighted by Crippen LogP contribution is -2.61. The molecule has 15 heavy (non-hydrogen) atoms. The van der Waals surface area contributed by atoms with Crippen molar-refractivity contribution in [3.63, 3.8) is 0 Å². The maximum atomic E-state index is 5.39. The van der Waals surface area contributed by atoms with Gasteiger partial charge in [-0.3, -0.25) is 4.90 Å². The molecule has 1 saturated carbocycles. The van der Waals surface area contributed by atoms with Crippen LogP contribution in [0.15, 0.2) is 0 Å². The summed E-state index contributed by atoms with van der Waals surface area (Å²) in [4.78, 5) is 2.69. The number of ether oxygens (including phenoxy) is 1. The van der Waals surface area contributed by atoms with Crippen LogP contribution in [0.3, 0.4) is 0 Å². The molecule has 88 valence electrons. The first-order valence-corrected chi connectivity index (χ1v) is 6.32. The molecule has 2 rings (SSSR count). The molecule has 0 spiro atoms. The summed E-state index contributed by atoms with van der Waals surface area (Å²) in [6.07, 6.45) is 4.08. The zero-order chi connectivity index (χ0) is 10.7. The van der Waals surface area contributed by atoms with Gasteiger partial charge in [0.2, 0.25) is 0 Å². The normalized spacial score (nSPS) is 24.2. The molecule has 1 aliphatic heterocycles. The van der Waals surface area contributed by atoms with Gasteiger partial charge in [-0.1, -0.05) is 6.92 Å². The van der Waals surface area contributed by atoms with Crippen LogP contribution in [0.4, 0.5) is 0 Å². The molecule has 1 saturated heterocycles. The number of hydrogen-bond donors (Lipinski definition) is 1. The van der Waals surface area contributed by atoms with Crippen LogP contribution in [-0.4, -0.2) is 50.3 Å². The maximum Gasteiger partial charge on any atom is 0.0620 e. The smallest absolute Gasteiger partial charge is 0.0620 e. The SMILES string of the molecule is CCCN(C1CNC1)C(COC)C1CC1. The molecule has 3 nitrogen and oxygen atoms in total. The molecule has 3 heteroatoms. The van der Waals surface area contributed by atoms with Gasteiger partial charge in [0.1, 0.15) is 0 Å². The van der Waals surface area contributed by atoms with Gasteiger partial charge in [0.05, 0.1) is 6.61 Å². The molecule has 1 unspecified atom stereocenters. The van der Waals surface area contributed by atoms with E-state index in [0.717, 1.165) is 18.6 Å². The van der Waals surface area contributed by atoms with Gasteiger partial charge in [0.15, 0.2) is 0 Å². The van der Waals surface area contributed by atoms with E-state index in [9.17, 15) is 0 Å². The van der Waals surface area contributed by atoms with Crippen molar-refractivity contribution in [1.82, 2.24) is 10.2 Å². The third-order valence-corrected chi connectivity index (χ3v) is 3.64. The lowest BCUT2D eigenvalue weighted by Gasteiger charge is -2.43. The van der Waals surface area contributed by atoms with Crippen LogP contribution in [-0.2, 0) is 4.74 Å². The summed E-state index contributed by atoms with van der Waals surface area (Å²) in [6, 6.07) is 1.45. The Hall–Kier alpha value is -0.120. The lowest BCUT2D eigenvalue weighted by molar-refractivity contribution is 0.0308. The summed E-state index contributed by atoms with van der Waals surface area (Å²) in [6.45, 7) is 6.77. The van der Waals surface area contributed by atoms with Gasteiger partial charge >= 0.3 is 0 Å². The van der Waals surface area contributed by atoms with Crippen molar-refractivity contribution in [2.45, 2.75) is 38.3 Å². The standard InChI is InChI=1S/C12H24N2O/c1-3-6-14(11-7-13-8-11)12(9-15-2)10-4-5-10/h10-13H,3-9H2,1-2H3. The first-order valence-electron chi connectivity index (χ1n) is 6.32. The monoisotopic (exact) mass is 212 g/mol. The fourth-order valence-electron chi connectivity index (χ4n) is 2.54. The second-order valence-electron chi connectivity index (χ2n) is 4.91. The molecule has 0 amide bonds. The average Bonchev–Trinajstić information content (AvgIpc) is 2.94. The van der Waals surface area contributed by atoms with Gasteiger partial charge < -0.3 is 10.1 Å². The van der Waals surface area contributed by atoms with Gasteiger partial charge in [-0.05, 0) is 31.7 Å². The Morgan fingerprint density at radius 3 is 2.53 bits per heavy atom. The highest BCUT2D eigenvalue weighted by atomic mass is 16.5. The van der Waals surface area contributed by atoms with E-state index in [0.29, 0.717) is 6.04 Å². The van der Waals surface area contributed by atoms with Crippen molar-refractivity contribution >= 4 is 0 Å². The average molecular weight is 212 g/mol. The molecule has 0 aromatic heterocycles. The minimum Gasteiger partial charge on any atom is -0.383 e. The van der Waals surface area contributed by atoms with Gasteiger partial charge in [0, 0.05) is 32.3 Å². The maximum absolute atomic E-state index is 5.39. The van der Waals surface area contributed by atoms with Crippen LogP contribution in [0.2, 0.25) is 0 Å². The number of nitrogens with zero attached hydrogens (tertiary/aromatic N) is 1. The zero-order valence-corrected chi connectivity index (χ0v) is 10.0. The zero-order valence-electron chi connectivity index (χ0n) is 10.0. The topological polar surface area (TPSA) is 24.5 Å². The Labute approximate surface area is 93.2 Å². The summed E-state index contributed by atoms with van der Waals surface area (Å²) in [7, 11) is 1.83. The molecule has 2 fully saturated rings. The molecule has 1 aliphatic carbocycles. The molecule has 0 aromatic carbocycles. The van der Waals surface area contributed by atoms with E-state index >= 15 is 0 Å². The predicted octanol–water partition coefficient (Wildman–Crippen LogP) is 1.10. The molecule has 1 heterocycles. The van der Waals surface area contributed by atoms with Crippen LogP contribution in [0.5, 0.6) is 0 Å². The summed E-state index contributed by atoms with van der Waals surface area (Å²) >= 11 is 0. The molecule has 0 aromatic rings. The van der Waals surface area contributed by atoms with E-state index in [4.69, 9.17) is 4.74 Å². The summed E-state index contributed by atoms with van der Waals surface area (Å²) in [5.74, 6) is 0.914. The highest BCUT2D eigenvalue weighted by Gasteiger charge is 2.39. The fraction of sp³-hybridized carbons (Fsp3) is 1.00. The van der Waals surface area contributed by atoms with Crippen LogP contribution >= 0.6 is 0 Å². The van der Waals surface area contributed by atoms with E-state index < -0.39 is 0 Å². The molecule has 0 radical (unpaired) electrons. The van der Waals surface area contributed by atoms with E-state index in [1.54, 1.807) is 0 Å². The first kappa shape index (κ1) is 11.4. The van der Waals surface area contributed by atoms with Gasteiger partial charge in [-0.25, -0.2) is 0 Å². The molecular formula is C12H24N2O. The van der Waals surface area contributed by atoms with Crippen LogP contribution in [0, 0.1) is 5.92 Å². The lowest BCUT2D eigenvalue weighted by atomic mass is 10.0. The Bertz CT molecular complexity index is 190. The highest BCUT2D eigenvalue weighted by molar-refractivity contribution is 4.94. The Morgan fingerprint density at radius 1 is 1.40 bits per heavy atom. The molecular weight excluding hydrogens is 188 g/mol. The Morgan fingerprint density at radius 2 is 2.13 bits per heavy atom. The summed E-state index contributed by atoms with van der Waals surface area (Å²) < 4.78 is 5.39. The van der Waals surface area contributed by atoms with E-state index in [2.05, 4.69) is 17.1 Å². The second kappa shape index (κ2) is 5.28. The minimum atomic E-state index is 0.682. The molecule has 1 atom stereocenters. The highest BCUT2D eigenvalue weighted by Crippen LogP contribution is 2.36. The third kappa shape index (κ3) is 2.71. The van der Waals surface area contributed by atoms with Crippen molar-refractivity contribution < 1.29 is 4.74 Å². The Kier molecular flexibility index (Phi) is 4.00. The van der Waals surface area contributed by atoms with Crippen LogP contribution in [0.25, 0.3) is 0 Å². The van der Waals surface area contributed by atoms with Crippen LogP contribution in [0.1, 0.15) is 26.2 Å². The molecule has 2 aliphatic rings. The van der Waals surface area contributed by atoms with Crippen molar-refractivity contribution in [3.05, 3.63) is 0 Å². The Balaban J connectivity index is 1.92. The number of methoxy groups -OCH3 is 1. The fourth-order valence-corrected chi connectivity index (χ4v) is 2.54. The third-order valence-electron chi connectivity index (χ3n) is 3.64. The quantitative estimate of drug-likeness (QED) is 0.684. The number of nitrogens with one attached hydrogen (secondary N) is 1. The largest absolute Gasteiger partial charge is 0.383 e. The minimum absolute atomic E-state index is 0.682. The summed E-state index contributed by atoms with van der Waals surface area (Å²) in [5.41, 5.74) is 0. The van der Waals surface area contributed by atoms with Crippen molar-refractivity contribution in [2.75, 3.05) is 33.4 Å². The van der Waals surface area contributed by atoms with Gasteiger partial charge in [0.25, 0.3) is 0 Å². The van der Waals surface area contributed by atoms with Crippen molar-refractivity contribution in [3.8, 4) is 0 Å². The molecule has 1 N–H and O–H groups in total. The van der Waals surface area contributed by atoms with Gasteiger partial charge in [-0.2, -0.15) is 0 Å². The van der Waals surface area contributed by atoms with Gasteiger partial charge in [-0.15, -0.1) is 0 Å². The number of rotatable bonds is 7. The number of hydrogen-bond acceptors (Lipinski definition) is 3. The molecule has 0 bridgehead atoms. The van der Waals surface area contributed by atoms with E-state index in [1.807, 2.05) is 7.11 Å².